The summed E-state index contributed by atoms with van der Waals surface area (Å²) < 4.78 is 11.9. The Labute approximate surface area is 151 Å². The second-order valence-electron chi connectivity index (χ2n) is 6.16. The SMILES string of the molecule is COc1nc(OC)nc(N2CCCC(NC(=O)c3cc(C)n(C)n3)C2)n1. The van der Waals surface area contributed by atoms with E-state index in [9.17, 15) is 4.79 Å². The number of carbonyl (C=O) groups is 1. The summed E-state index contributed by atoms with van der Waals surface area (Å²) in [6.45, 7) is 3.28. The molecule has 26 heavy (non-hydrogen) atoms. The number of amides is 1. The highest BCUT2D eigenvalue weighted by Crippen LogP contribution is 2.20. The van der Waals surface area contributed by atoms with Gasteiger partial charge in [0.1, 0.15) is 5.69 Å². The zero-order valence-electron chi connectivity index (χ0n) is 15.4. The highest BCUT2D eigenvalue weighted by atomic mass is 16.5. The van der Waals surface area contributed by atoms with Crippen LogP contribution in [0.4, 0.5) is 5.95 Å². The molecule has 1 atom stereocenters. The van der Waals surface area contributed by atoms with Crippen LogP contribution in [0.1, 0.15) is 29.0 Å². The standard InChI is InChI=1S/C16H23N7O3/c1-10-8-12(21-22(10)2)13(24)17-11-6-5-7-23(9-11)14-18-15(25-3)20-16(19-14)26-4/h8,11H,5-7,9H2,1-4H3,(H,17,24). The maximum absolute atomic E-state index is 12.4. The topological polar surface area (TPSA) is 107 Å². The minimum atomic E-state index is -0.175. The third-order valence-corrected chi connectivity index (χ3v) is 4.33. The normalized spacial score (nSPS) is 17.1. The second kappa shape index (κ2) is 7.54. The first kappa shape index (κ1) is 17.9. The summed E-state index contributed by atoms with van der Waals surface area (Å²) in [5.41, 5.74) is 1.36. The Kier molecular flexibility index (Phi) is 5.19. The number of hydrogen-bond acceptors (Lipinski definition) is 8. The lowest BCUT2D eigenvalue weighted by Crippen LogP contribution is -2.48. The van der Waals surface area contributed by atoms with Gasteiger partial charge in [-0.3, -0.25) is 9.48 Å². The summed E-state index contributed by atoms with van der Waals surface area (Å²) in [5, 5.41) is 7.27. The molecule has 0 aromatic carbocycles. The van der Waals surface area contributed by atoms with Gasteiger partial charge in [0, 0.05) is 31.9 Å². The van der Waals surface area contributed by atoms with E-state index in [-0.39, 0.29) is 24.0 Å². The zero-order valence-corrected chi connectivity index (χ0v) is 15.4. The van der Waals surface area contributed by atoms with Crippen molar-refractivity contribution in [2.75, 3.05) is 32.2 Å². The van der Waals surface area contributed by atoms with Crippen LogP contribution in [-0.2, 0) is 7.05 Å². The monoisotopic (exact) mass is 361 g/mol. The van der Waals surface area contributed by atoms with Crippen LogP contribution in [0.15, 0.2) is 6.07 Å². The van der Waals surface area contributed by atoms with Gasteiger partial charge in [-0.2, -0.15) is 15.1 Å². The van der Waals surface area contributed by atoms with Gasteiger partial charge >= 0.3 is 12.0 Å². The number of aromatic nitrogens is 5. The third-order valence-electron chi connectivity index (χ3n) is 4.33. The van der Waals surface area contributed by atoms with Crippen LogP contribution >= 0.6 is 0 Å². The van der Waals surface area contributed by atoms with Crippen molar-refractivity contribution in [2.45, 2.75) is 25.8 Å². The van der Waals surface area contributed by atoms with Crippen LogP contribution in [0, 0.1) is 6.92 Å². The van der Waals surface area contributed by atoms with Gasteiger partial charge in [0.05, 0.1) is 14.2 Å². The molecule has 1 aliphatic heterocycles. The molecule has 10 nitrogen and oxygen atoms in total. The van der Waals surface area contributed by atoms with E-state index in [1.165, 1.54) is 14.2 Å². The first-order chi connectivity index (χ1) is 12.5. The second-order valence-corrected chi connectivity index (χ2v) is 6.16. The van der Waals surface area contributed by atoms with Crippen molar-refractivity contribution in [2.24, 2.45) is 7.05 Å². The number of piperidine rings is 1. The van der Waals surface area contributed by atoms with Crippen molar-refractivity contribution in [3.63, 3.8) is 0 Å². The van der Waals surface area contributed by atoms with Gasteiger partial charge in [0.25, 0.3) is 5.91 Å². The predicted octanol–water partition coefficient (Wildman–Crippen LogP) is 0.330. The van der Waals surface area contributed by atoms with Crippen LogP contribution in [0.5, 0.6) is 12.0 Å². The molecule has 1 amide bonds. The highest BCUT2D eigenvalue weighted by Gasteiger charge is 2.25. The Balaban J connectivity index is 1.70. The van der Waals surface area contributed by atoms with Crippen molar-refractivity contribution < 1.29 is 14.3 Å². The minimum absolute atomic E-state index is 0.0210. The fourth-order valence-electron chi connectivity index (χ4n) is 2.86. The Morgan fingerprint density at radius 2 is 1.92 bits per heavy atom. The molecule has 1 saturated heterocycles. The number of anilines is 1. The molecule has 10 heteroatoms. The number of ether oxygens (including phenoxy) is 2. The van der Waals surface area contributed by atoms with Crippen LogP contribution in [0.3, 0.4) is 0 Å². The number of nitrogens with zero attached hydrogens (tertiary/aromatic N) is 6. The molecule has 3 heterocycles. The number of aryl methyl sites for hydroxylation is 2. The smallest absolute Gasteiger partial charge is 0.324 e. The average Bonchev–Trinajstić information content (AvgIpc) is 3.00. The van der Waals surface area contributed by atoms with Gasteiger partial charge in [0.2, 0.25) is 5.95 Å². The fraction of sp³-hybridized carbons (Fsp3) is 0.562. The molecule has 2 aromatic heterocycles. The number of methoxy groups -OCH3 is 2. The Hall–Kier alpha value is -2.91. The summed E-state index contributed by atoms with van der Waals surface area (Å²) >= 11 is 0. The lowest BCUT2D eigenvalue weighted by Gasteiger charge is -2.33. The molecule has 2 aromatic rings. The molecular formula is C16H23N7O3. The molecular weight excluding hydrogens is 338 g/mol. The van der Waals surface area contributed by atoms with Crippen molar-refractivity contribution >= 4 is 11.9 Å². The lowest BCUT2D eigenvalue weighted by molar-refractivity contribution is 0.0927. The molecule has 0 bridgehead atoms. The van der Waals surface area contributed by atoms with Crippen molar-refractivity contribution in [1.29, 1.82) is 0 Å². The molecule has 1 N–H and O–H groups in total. The fourth-order valence-corrected chi connectivity index (χ4v) is 2.86. The first-order valence-corrected chi connectivity index (χ1v) is 8.40. The number of nitrogens with one attached hydrogen (secondary N) is 1. The predicted molar refractivity (Wildman–Crippen MR) is 93.6 cm³/mol. The molecule has 0 saturated carbocycles. The Morgan fingerprint density at radius 3 is 2.50 bits per heavy atom. The van der Waals surface area contributed by atoms with E-state index in [0.717, 1.165) is 25.1 Å². The van der Waals surface area contributed by atoms with Crippen molar-refractivity contribution in [3.8, 4) is 12.0 Å². The van der Waals surface area contributed by atoms with Crippen molar-refractivity contribution in [3.05, 3.63) is 17.5 Å². The van der Waals surface area contributed by atoms with Crippen LogP contribution in [0.2, 0.25) is 0 Å². The number of hydrogen-bond donors (Lipinski definition) is 1. The van der Waals surface area contributed by atoms with E-state index in [1.54, 1.807) is 10.7 Å². The summed E-state index contributed by atoms with van der Waals surface area (Å²) in [7, 11) is 4.80. The van der Waals surface area contributed by atoms with E-state index >= 15 is 0 Å². The summed E-state index contributed by atoms with van der Waals surface area (Å²) in [6.07, 6.45) is 1.79. The Morgan fingerprint density at radius 1 is 1.23 bits per heavy atom. The zero-order chi connectivity index (χ0) is 18.7. The van der Waals surface area contributed by atoms with Gasteiger partial charge in [0.15, 0.2) is 0 Å². The highest BCUT2D eigenvalue weighted by molar-refractivity contribution is 5.92. The van der Waals surface area contributed by atoms with Crippen molar-refractivity contribution in [1.82, 2.24) is 30.0 Å². The number of rotatable bonds is 5. The third kappa shape index (κ3) is 3.84. The molecule has 0 spiro atoms. The molecule has 1 unspecified atom stereocenters. The molecule has 140 valence electrons. The quantitative estimate of drug-likeness (QED) is 0.812. The molecule has 3 rings (SSSR count). The molecule has 1 fully saturated rings. The van der Waals surface area contributed by atoms with Gasteiger partial charge < -0.3 is 19.7 Å². The Bertz CT molecular complexity index is 750. The summed E-state index contributed by atoms with van der Waals surface area (Å²) in [4.78, 5) is 27.0. The molecule has 0 radical (unpaired) electrons. The summed E-state index contributed by atoms with van der Waals surface area (Å²) in [6, 6.07) is 2.15. The minimum Gasteiger partial charge on any atom is -0.467 e. The molecule has 1 aliphatic rings. The van der Waals surface area contributed by atoms with Gasteiger partial charge in [-0.05, 0) is 25.8 Å². The number of carbonyl (C=O) groups excluding carboxylic acids is 1. The van der Waals surface area contributed by atoms with E-state index < -0.39 is 0 Å². The largest absolute Gasteiger partial charge is 0.467 e. The van der Waals surface area contributed by atoms with E-state index in [1.807, 2.05) is 18.9 Å². The van der Waals surface area contributed by atoms with Gasteiger partial charge in [-0.1, -0.05) is 0 Å². The van der Waals surface area contributed by atoms with E-state index in [0.29, 0.717) is 18.2 Å². The van der Waals surface area contributed by atoms with E-state index in [4.69, 9.17) is 9.47 Å². The molecule has 0 aliphatic carbocycles. The van der Waals surface area contributed by atoms with Crippen LogP contribution < -0.4 is 19.7 Å². The van der Waals surface area contributed by atoms with Crippen LogP contribution in [0.25, 0.3) is 0 Å². The first-order valence-electron chi connectivity index (χ1n) is 8.40. The van der Waals surface area contributed by atoms with Gasteiger partial charge in [-0.15, -0.1) is 4.98 Å². The average molecular weight is 361 g/mol. The summed E-state index contributed by atoms with van der Waals surface area (Å²) in [5.74, 6) is 0.299. The van der Waals surface area contributed by atoms with E-state index in [2.05, 4.69) is 25.4 Å². The van der Waals surface area contributed by atoms with Crippen LogP contribution in [-0.4, -0.2) is 64.0 Å². The lowest BCUT2D eigenvalue weighted by atomic mass is 10.1. The maximum atomic E-state index is 12.4. The maximum Gasteiger partial charge on any atom is 0.324 e. The van der Waals surface area contributed by atoms with Gasteiger partial charge in [-0.25, -0.2) is 0 Å².